The van der Waals surface area contributed by atoms with E-state index in [1.807, 2.05) is 18.2 Å². The second kappa shape index (κ2) is 8.78. The van der Waals surface area contributed by atoms with Gasteiger partial charge in [0.1, 0.15) is 17.1 Å². The molecular formula is C22H25NO5. The summed E-state index contributed by atoms with van der Waals surface area (Å²) in [5, 5.41) is 3.01. The smallest absolute Gasteiger partial charge is 0.346 e. The molecule has 2 aromatic rings. The highest BCUT2D eigenvalue weighted by atomic mass is 16.6. The Bertz CT molecular complexity index is 842. The van der Waals surface area contributed by atoms with Crippen molar-refractivity contribution < 1.29 is 23.8 Å². The summed E-state index contributed by atoms with van der Waals surface area (Å²) in [6.45, 7) is 1.56. The van der Waals surface area contributed by atoms with Gasteiger partial charge >= 0.3 is 5.97 Å². The summed E-state index contributed by atoms with van der Waals surface area (Å²) >= 11 is 0. The predicted octanol–water partition coefficient (Wildman–Crippen LogP) is 3.44. The van der Waals surface area contributed by atoms with E-state index in [4.69, 9.17) is 14.2 Å². The minimum atomic E-state index is -0.948. The lowest BCUT2D eigenvalue weighted by Crippen LogP contribution is -2.39. The highest BCUT2D eigenvalue weighted by Crippen LogP contribution is 2.31. The molecule has 1 N–H and O–H groups in total. The SMILES string of the molecule is COc1cccc(OC)c1C(=O)OC(C)C(=O)NC1CCCc2ccccc21. The van der Waals surface area contributed by atoms with E-state index in [0.717, 1.165) is 24.8 Å². The maximum atomic E-state index is 12.6. The Morgan fingerprint density at radius 1 is 1.04 bits per heavy atom. The fourth-order valence-electron chi connectivity index (χ4n) is 3.52. The van der Waals surface area contributed by atoms with Crippen LogP contribution < -0.4 is 14.8 Å². The van der Waals surface area contributed by atoms with Gasteiger partial charge in [-0.15, -0.1) is 0 Å². The summed E-state index contributed by atoms with van der Waals surface area (Å²) in [4.78, 5) is 25.3. The zero-order chi connectivity index (χ0) is 20.1. The van der Waals surface area contributed by atoms with Gasteiger partial charge in [0, 0.05) is 0 Å². The zero-order valence-electron chi connectivity index (χ0n) is 16.4. The number of ether oxygens (including phenoxy) is 3. The number of benzene rings is 2. The number of hydrogen-bond acceptors (Lipinski definition) is 5. The maximum absolute atomic E-state index is 12.6. The number of aryl methyl sites for hydroxylation is 1. The topological polar surface area (TPSA) is 73.9 Å². The molecule has 1 aliphatic carbocycles. The van der Waals surface area contributed by atoms with Crippen LogP contribution in [-0.4, -0.2) is 32.2 Å². The summed E-state index contributed by atoms with van der Waals surface area (Å²) in [6.07, 6.45) is 1.94. The van der Waals surface area contributed by atoms with Crippen LogP contribution in [-0.2, 0) is 16.0 Å². The molecule has 0 fully saturated rings. The van der Waals surface area contributed by atoms with Crippen LogP contribution in [0.3, 0.4) is 0 Å². The lowest BCUT2D eigenvalue weighted by molar-refractivity contribution is -0.130. The maximum Gasteiger partial charge on any atom is 0.346 e. The summed E-state index contributed by atoms with van der Waals surface area (Å²) in [6, 6.07) is 13.0. The molecule has 0 spiro atoms. The fraction of sp³-hybridized carbons (Fsp3) is 0.364. The van der Waals surface area contributed by atoms with Gasteiger partial charge in [-0.3, -0.25) is 4.79 Å². The highest BCUT2D eigenvalue weighted by molar-refractivity contribution is 5.97. The van der Waals surface area contributed by atoms with Gasteiger partial charge in [0.05, 0.1) is 20.3 Å². The molecule has 0 heterocycles. The van der Waals surface area contributed by atoms with Crippen molar-refractivity contribution in [2.75, 3.05) is 14.2 Å². The molecular weight excluding hydrogens is 358 g/mol. The minimum Gasteiger partial charge on any atom is -0.496 e. The third-order valence-corrected chi connectivity index (χ3v) is 4.97. The van der Waals surface area contributed by atoms with E-state index in [-0.39, 0.29) is 17.5 Å². The molecule has 1 amide bonds. The number of rotatable bonds is 6. The molecule has 0 bridgehead atoms. The Hall–Kier alpha value is -3.02. The number of amides is 1. The predicted molar refractivity (Wildman–Crippen MR) is 105 cm³/mol. The van der Waals surface area contributed by atoms with Crippen LogP contribution in [0.4, 0.5) is 0 Å². The largest absolute Gasteiger partial charge is 0.496 e. The Morgan fingerprint density at radius 3 is 2.39 bits per heavy atom. The molecule has 0 saturated heterocycles. The Labute approximate surface area is 164 Å². The number of fused-ring (bicyclic) bond motifs is 1. The van der Waals surface area contributed by atoms with Crippen molar-refractivity contribution in [3.63, 3.8) is 0 Å². The van der Waals surface area contributed by atoms with Crippen molar-refractivity contribution >= 4 is 11.9 Å². The molecule has 148 valence electrons. The van der Waals surface area contributed by atoms with E-state index >= 15 is 0 Å². The molecule has 0 aromatic heterocycles. The van der Waals surface area contributed by atoms with Gasteiger partial charge in [-0.05, 0) is 49.4 Å². The van der Waals surface area contributed by atoms with Crippen LogP contribution in [0.5, 0.6) is 11.5 Å². The average molecular weight is 383 g/mol. The van der Waals surface area contributed by atoms with Crippen molar-refractivity contribution in [1.29, 1.82) is 0 Å². The van der Waals surface area contributed by atoms with E-state index in [9.17, 15) is 9.59 Å². The third kappa shape index (κ3) is 4.11. The summed E-state index contributed by atoms with van der Waals surface area (Å²) < 4.78 is 15.9. The summed E-state index contributed by atoms with van der Waals surface area (Å²) in [5.74, 6) is -0.332. The van der Waals surface area contributed by atoms with Crippen molar-refractivity contribution in [1.82, 2.24) is 5.32 Å². The van der Waals surface area contributed by atoms with E-state index < -0.39 is 12.1 Å². The average Bonchev–Trinajstić information content (AvgIpc) is 2.73. The standard InChI is InChI=1S/C22H25NO5/c1-14(28-22(25)20-18(26-2)12-7-13-19(20)27-3)21(24)23-17-11-6-9-15-8-4-5-10-16(15)17/h4-5,7-8,10,12-14,17H,6,9,11H2,1-3H3,(H,23,24). The van der Waals surface area contributed by atoms with Gasteiger partial charge in [-0.2, -0.15) is 0 Å². The Balaban J connectivity index is 1.70. The second-order valence-electron chi connectivity index (χ2n) is 6.74. The quantitative estimate of drug-likeness (QED) is 0.774. The van der Waals surface area contributed by atoms with Crippen LogP contribution >= 0.6 is 0 Å². The molecule has 0 saturated carbocycles. The Kier molecular flexibility index (Phi) is 6.19. The number of carbonyl (C=O) groups excluding carboxylic acids is 2. The monoisotopic (exact) mass is 383 g/mol. The number of methoxy groups -OCH3 is 2. The molecule has 2 atom stereocenters. The third-order valence-electron chi connectivity index (χ3n) is 4.97. The van der Waals surface area contributed by atoms with Crippen LogP contribution in [0.2, 0.25) is 0 Å². The van der Waals surface area contributed by atoms with Gasteiger partial charge in [0.2, 0.25) is 0 Å². The number of esters is 1. The van der Waals surface area contributed by atoms with Crippen molar-refractivity contribution in [2.45, 2.75) is 38.3 Å². The van der Waals surface area contributed by atoms with Crippen LogP contribution in [0, 0.1) is 0 Å². The lowest BCUT2D eigenvalue weighted by Gasteiger charge is -2.27. The molecule has 0 radical (unpaired) electrons. The minimum absolute atomic E-state index is 0.0700. The molecule has 2 unspecified atom stereocenters. The number of hydrogen-bond donors (Lipinski definition) is 1. The van der Waals surface area contributed by atoms with E-state index in [1.54, 1.807) is 25.1 Å². The van der Waals surface area contributed by atoms with Crippen LogP contribution in [0.1, 0.15) is 47.3 Å². The van der Waals surface area contributed by atoms with Crippen molar-refractivity contribution in [3.8, 4) is 11.5 Å². The highest BCUT2D eigenvalue weighted by Gasteiger charge is 2.27. The molecule has 2 aromatic carbocycles. The number of carbonyl (C=O) groups is 2. The lowest BCUT2D eigenvalue weighted by atomic mass is 9.87. The van der Waals surface area contributed by atoms with Gasteiger partial charge in [0.25, 0.3) is 5.91 Å². The first kappa shape index (κ1) is 19.7. The van der Waals surface area contributed by atoms with Gasteiger partial charge in [-0.1, -0.05) is 30.3 Å². The molecule has 1 aliphatic rings. The van der Waals surface area contributed by atoms with E-state index in [1.165, 1.54) is 19.8 Å². The van der Waals surface area contributed by atoms with Crippen molar-refractivity contribution in [2.24, 2.45) is 0 Å². The zero-order valence-corrected chi connectivity index (χ0v) is 16.4. The van der Waals surface area contributed by atoms with Gasteiger partial charge in [-0.25, -0.2) is 4.79 Å². The van der Waals surface area contributed by atoms with Crippen LogP contribution in [0.25, 0.3) is 0 Å². The molecule has 28 heavy (non-hydrogen) atoms. The molecule has 0 aliphatic heterocycles. The number of nitrogens with one attached hydrogen (secondary N) is 1. The Morgan fingerprint density at radius 2 is 1.71 bits per heavy atom. The van der Waals surface area contributed by atoms with Gasteiger partial charge in [0.15, 0.2) is 6.10 Å². The van der Waals surface area contributed by atoms with Crippen LogP contribution in [0.15, 0.2) is 42.5 Å². The fourth-order valence-corrected chi connectivity index (χ4v) is 3.52. The second-order valence-corrected chi connectivity index (χ2v) is 6.74. The summed E-state index contributed by atoms with van der Waals surface area (Å²) in [5.41, 5.74) is 2.55. The molecule has 3 rings (SSSR count). The van der Waals surface area contributed by atoms with Gasteiger partial charge < -0.3 is 19.5 Å². The normalized spacial score (nSPS) is 16.5. The molecule has 6 heteroatoms. The first-order valence-corrected chi connectivity index (χ1v) is 9.35. The first-order chi connectivity index (χ1) is 13.5. The molecule has 6 nitrogen and oxygen atoms in total. The van der Waals surface area contributed by atoms with E-state index in [0.29, 0.717) is 11.5 Å². The first-order valence-electron chi connectivity index (χ1n) is 9.35. The summed E-state index contributed by atoms with van der Waals surface area (Å²) in [7, 11) is 2.92. The van der Waals surface area contributed by atoms with E-state index in [2.05, 4.69) is 11.4 Å². The van der Waals surface area contributed by atoms with Crippen molar-refractivity contribution in [3.05, 3.63) is 59.2 Å².